The number of hydrogen-bond acceptors (Lipinski definition) is 5. The summed E-state index contributed by atoms with van der Waals surface area (Å²) in [7, 11) is 0. The third kappa shape index (κ3) is 7.08. The molecule has 1 atom stereocenters. The van der Waals surface area contributed by atoms with E-state index in [0.717, 1.165) is 31.0 Å². The number of carbonyl (C=O) groups excluding carboxylic acids is 1. The first-order valence-corrected chi connectivity index (χ1v) is 11.0. The number of aryl methyl sites for hydroxylation is 1. The van der Waals surface area contributed by atoms with Crippen molar-refractivity contribution in [1.29, 1.82) is 5.41 Å². The molecule has 30 heavy (non-hydrogen) atoms. The van der Waals surface area contributed by atoms with Crippen LogP contribution in [0.3, 0.4) is 0 Å². The van der Waals surface area contributed by atoms with E-state index in [1.54, 1.807) is 6.07 Å². The average molecular weight is 435 g/mol. The molecule has 1 aromatic carbocycles. The van der Waals surface area contributed by atoms with Gasteiger partial charge in [-0.1, -0.05) is 18.2 Å². The summed E-state index contributed by atoms with van der Waals surface area (Å²) in [6.07, 6.45) is 5.48. The highest BCUT2D eigenvalue weighted by atomic mass is 32.2. The number of rotatable bonds is 11. The molecule has 1 fully saturated rings. The molecule has 8 nitrogen and oxygen atoms in total. The van der Waals surface area contributed by atoms with Crippen molar-refractivity contribution in [1.82, 2.24) is 9.21 Å². The first-order valence-electron chi connectivity index (χ1n) is 9.93. The van der Waals surface area contributed by atoms with Gasteiger partial charge < -0.3 is 20.4 Å². The number of carbonyl (C=O) groups is 1. The highest BCUT2D eigenvalue weighted by molar-refractivity contribution is 7.76. The van der Waals surface area contributed by atoms with E-state index < -0.39 is 17.2 Å². The molecule has 1 aliphatic rings. The van der Waals surface area contributed by atoms with Crippen LogP contribution in [0.5, 0.6) is 0 Å². The summed E-state index contributed by atoms with van der Waals surface area (Å²) in [5.41, 5.74) is 2.04. The predicted molar refractivity (Wildman–Crippen MR) is 120 cm³/mol. The SMILES string of the molecule is C=CCCCCO/C(C(=O)Nc1cccc(C)c1)=C(/C=N)N1CCN(S(=O)O)CC1. The first kappa shape index (κ1) is 23.8. The van der Waals surface area contributed by atoms with Gasteiger partial charge in [-0.3, -0.25) is 9.35 Å². The zero-order valence-electron chi connectivity index (χ0n) is 17.3. The summed E-state index contributed by atoms with van der Waals surface area (Å²) in [4.78, 5) is 14.9. The number of hydrogen-bond donors (Lipinski definition) is 3. The van der Waals surface area contributed by atoms with Gasteiger partial charge in [0.1, 0.15) is 5.70 Å². The van der Waals surface area contributed by atoms with Crippen molar-refractivity contribution in [2.75, 3.05) is 38.1 Å². The zero-order chi connectivity index (χ0) is 21.9. The minimum Gasteiger partial charge on any atom is -0.486 e. The van der Waals surface area contributed by atoms with Crippen LogP contribution in [0.2, 0.25) is 0 Å². The fourth-order valence-electron chi connectivity index (χ4n) is 3.12. The fourth-order valence-corrected chi connectivity index (χ4v) is 3.59. The second-order valence-corrected chi connectivity index (χ2v) is 7.94. The lowest BCUT2D eigenvalue weighted by atomic mass is 10.2. The third-order valence-corrected chi connectivity index (χ3v) is 5.51. The molecule has 0 radical (unpaired) electrons. The van der Waals surface area contributed by atoms with E-state index in [2.05, 4.69) is 11.9 Å². The molecule has 164 valence electrons. The van der Waals surface area contributed by atoms with Gasteiger partial charge in [0.05, 0.1) is 6.61 Å². The Kier molecular flexibility index (Phi) is 9.72. The average Bonchev–Trinajstić information content (AvgIpc) is 2.73. The maximum atomic E-state index is 13.0. The fraction of sp³-hybridized carbons (Fsp3) is 0.429. The van der Waals surface area contributed by atoms with Crippen molar-refractivity contribution in [3.8, 4) is 0 Å². The highest BCUT2D eigenvalue weighted by Crippen LogP contribution is 2.18. The molecule has 0 saturated carbocycles. The molecule has 1 heterocycles. The number of amides is 1. The lowest BCUT2D eigenvalue weighted by Crippen LogP contribution is -2.47. The standard InChI is InChI=1S/C21H30N4O4S/c1-3-4-5-6-14-29-20(21(26)23-18-9-7-8-17(2)15-18)19(16-22)24-10-12-25(13-11-24)30(27)28/h3,7-9,15-16,22H,1,4-6,10-14H2,2H3,(H,23,26)(H,27,28)/b20-19-,22-16?. The number of piperazine rings is 1. The van der Waals surface area contributed by atoms with E-state index in [0.29, 0.717) is 44.2 Å². The van der Waals surface area contributed by atoms with Crippen LogP contribution in [-0.4, -0.2) is 62.9 Å². The summed E-state index contributed by atoms with van der Waals surface area (Å²) >= 11 is -2.02. The van der Waals surface area contributed by atoms with Crippen molar-refractivity contribution in [3.05, 3.63) is 53.9 Å². The van der Waals surface area contributed by atoms with E-state index in [1.807, 2.05) is 36.1 Å². The van der Waals surface area contributed by atoms with Crippen LogP contribution in [0.25, 0.3) is 0 Å². The predicted octanol–water partition coefficient (Wildman–Crippen LogP) is 2.92. The number of ether oxygens (including phenoxy) is 1. The molecule has 1 aromatic rings. The maximum absolute atomic E-state index is 13.0. The Balaban J connectivity index is 2.20. The van der Waals surface area contributed by atoms with Crippen LogP contribution in [0.4, 0.5) is 5.69 Å². The van der Waals surface area contributed by atoms with Crippen LogP contribution in [-0.2, 0) is 20.8 Å². The summed E-state index contributed by atoms with van der Waals surface area (Å²) in [6, 6.07) is 7.46. The molecular formula is C21H30N4O4S. The Bertz CT molecular complexity index is 804. The van der Waals surface area contributed by atoms with Crippen molar-refractivity contribution < 1.29 is 18.3 Å². The van der Waals surface area contributed by atoms with E-state index in [9.17, 15) is 13.6 Å². The number of anilines is 1. The van der Waals surface area contributed by atoms with Gasteiger partial charge in [0.2, 0.25) is 17.0 Å². The van der Waals surface area contributed by atoms with Gasteiger partial charge in [-0.2, -0.15) is 4.31 Å². The number of unbranched alkanes of at least 4 members (excludes halogenated alkanes) is 2. The first-order chi connectivity index (χ1) is 14.5. The van der Waals surface area contributed by atoms with E-state index in [4.69, 9.17) is 10.1 Å². The molecule has 1 unspecified atom stereocenters. The Labute approximate surface area is 180 Å². The summed E-state index contributed by atoms with van der Waals surface area (Å²) in [5.74, 6) is -0.334. The quantitative estimate of drug-likeness (QED) is 0.124. The number of benzene rings is 1. The third-order valence-electron chi connectivity index (χ3n) is 4.70. The monoisotopic (exact) mass is 434 g/mol. The van der Waals surface area contributed by atoms with E-state index in [1.165, 1.54) is 4.31 Å². The van der Waals surface area contributed by atoms with Crippen LogP contribution < -0.4 is 5.32 Å². The van der Waals surface area contributed by atoms with Crippen LogP contribution in [0, 0.1) is 12.3 Å². The number of nitrogens with zero attached hydrogens (tertiary/aromatic N) is 2. The lowest BCUT2D eigenvalue weighted by Gasteiger charge is -2.34. The Morgan fingerprint density at radius 1 is 1.33 bits per heavy atom. The van der Waals surface area contributed by atoms with E-state index in [-0.39, 0.29) is 5.76 Å². The topological polar surface area (TPSA) is 106 Å². The molecule has 1 saturated heterocycles. The molecule has 0 aromatic heterocycles. The summed E-state index contributed by atoms with van der Waals surface area (Å²) in [6.45, 7) is 7.53. The Morgan fingerprint density at radius 3 is 2.67 bits per heavy atom. The van der Waals surface area contributed by atoms with Crippen LogP contribution >= 0.6 is 0 Å². The molecule has 9 heteroatoms. The van der Waals surface area contributed by atoms with Crippen LogP contribution in [0.1, 0.15) is 24.8 Å². The molecule has 0 spiro atoms. The number of nitrogens with one attached hydrogen (secondary N) is 2. The largest absolute Gasteiger partial charge is 0.486 e. The molecule has 1 aliphatic heterocycles. The smallest absolute Gasteiger partial charge is 0.293 e. The minimum atomic E-state index is -2.02. The zero-order valence-corrected chi connectivity index (χ0v) is 18.1. The summed E-state index contributed by atoms with van der Waals surface area (Å²) < 4.78 is 27.8. The Hall–Kier alpha value is -2.49. The van der Waals surface area contributed by atoms with Crippen molar-refractivity contribution >= 4 is 29.1 Å². The molecule has 2 rings (SSSR count). The second kappa shape index (κ2) is 12.3. The molecule has 0 aliphatic carbocycles. The van der Waals surface area contributed by atoms with Gasteiger partial charge in [-0.05, 0) is 43.9 Å². The molecule has 0 bridgehead atoms. The normalized spacial score (nSPS) is 16.4. The Morgan fingerprint density at radius 2 is 2.07 bits per heavy atom. The molecule has 3 N–H and O–H groups in total. The summed E-state index contributed by atoms with van der Waals surface area (Å²) in [5, 5.41) is 10.7. The van der Waals surface area contributed by atoms with Crippen LogP contribution in [0.15, 0.2) is 48.4 Å². The second-order valence-electron chi connectivity index (χ2n) is 6.96. The van der Waals surface area contributed by atoms with Crippen molar-refractivity contribution in [3.63, 3.8) is 0 Å². The van der Waals surface area contributed by atoms with Gasteiger partial charge in [0.25, 0.3) is 5.91 Å². The van der Waals surface area contributed by atoms with Gasteiger partial charge >= 0.3 is 0 Å². The number of allylic oxidation sites excluding steroid dienone is 2. The molecule has 1 amide bonds. The van der Waals surface area contributed by atoms with Gasteiger partial charge in [-0.15, -0.1) is 6.58 Å². The van der Waals surface area contributed by atoms with Gasteiger partial charge in [-0.25, -0.2) is 4.21 Å². The highest BCUT2D eigenvalue weighted by Gasteiger charge is 2.26. The maximum Gasteiger partial charge on any atom is 0.293 e. The minimum absolute atomic E-state index is 0.0867. The van der Waals surface area contributed by atoms with E-state index >= 15 is 0 Å². The van der Waals surface area contributed by atoms with Crippen molar-refractivity contribution in [2.45, 2.75) is 26.2 Å². The van der Waals surface area contributed by atoms with Crippen molar-refractivity contribution in [2.24, 2.45) is 0 Å². The molecular weight excluding hydrogens is 404 g/mol. The van der Waals surface area contributed by atoms with Gasteiger partial charge in [0.15, 0.2) is 0 Å². The van der Waals surface area contributed by atoms with Gasteiger partial charge in [0, 0.05) is 38.1 Å². The lowest BCUT2D eigenvalue weighted by molar-refractivity contribution is -0.116.